The maximum absolute atomic E-state index is 13.0. The fraction of sp³-hybridized carbons (Fsp3) is 0.417. The Hall–Kier alpha value is -2.56. The van der Waals surface area contributed by atoms with Crippen molar-refractivity contribution in [3.8, 4) is 16.9 Å². The summed E-state index contributed by atoms with van der Waals surface area (Å²) >= 11 is 1.44. The van der Waals surface area contributed by atoms with Crippen molar-refractivity contribution < 1.29 is 19.3 Å². The molecule has 0 radical (unpaired) electrons. The summed E-state index contributed by atoms with van der Waals surface area (Å²) < 4.78 is 15.7. The van der Waals surface area contributed by atoms with Crippen LogP contribution in [0.4, 0.5) is 0 Å². The Balaban J connectivity index is 1.79. The van der Waals surface area contributed by atoms with Crippen molar-refractivity contribution in [3.63, 3.8) is 0 Å². The molecule has 0 saturated carbocycles. The molecule has 1 aromatic carbocycles. The van der Waals surface area contributed by atoms with Gasteiger partial charge in [0.25, 0.3) is 5.56 Å². The number of ether oxygens (including phenoxy) is 3. The van der Waals surface area contributed by atoms with Crippen molar-refractivity contribution in [3.05, 3.63) is 58.5 Å². The fourth-order valence-corrected chi connectivity index (χ4v) is 4.54. The zero-order valence-electron chi connectivity index (χ0n) is 19.1. The number of benzene rings is 1. The first-order valence-corrected chi connectivity index (χ1v) is 11.7. The molecule has 178 valence electrons. The van der Waals surface area contributed by atoms with Crippen molar-refractivity contribution in [2.24, 2.45) is 0 Å². The van der Waals surface area contributed by atoms with Gasteiger partial charge in [0.2, 0.25) is 0 Å². The monoisotopic (exact) mass is 473 g/mol. The highest BCUT2D eigenvalue weighted by Gasteiger charge is 2.17. The van der Waals surface area contributed by atoms with E-state index in [1.165, 1.54) is 11.3 Å². The van der Waals surface area contributed by atoms with Crippen LogP contribution in [0.15, 0.2) is 47.1 Å². The molecule has 0 aliphatic rings. The number of aliphatic hydroxyl groups is 1. The van der Waals surface area contributed by atoms with Crippen LogP contribution in [-0.2, 0) is 16.0 Å². The van der Waals surface area contributed by atoms with E-state index in [0.29, 0.717) is 48.9 Å². The molecule has 0 bridgehead atoms. The van der Waals surface area contributed by atoms with E-state index in [4.69, 9.17) is 19.2 Å². The summed E-state index contributed by atoms with van der Waals surface area (Å²) in [6, 6.07) is 7.61. The average Bonchev–Trinajstić information content (AvgIpc) is 3.24. The highest BCUT2D eigenvalue weighted by Crippen LogP contribution is 2.31. The molecule has 1 unspecified atom stereocenters. The van der Waals surface area contributed by atoms with Crippen molar-refractivity contribution >= 4 is 21.6 Å². The Labute approximate surface area is 197 Å². The predicted molar refractivity (Wildman–Crippen MR) is 131 cm³/mol. The standard InChI is InChI=1S/C24H31N3O5S/c1-4-11-32-15-18(28)13-27(10-5-12-30-2)14-21-25-23(29)22-20(16-33-24(22)26-21)17-6-8-19(31-3)9-7-17/h4,6-9,16,18,28H,1,5,10-15H2,2-3H3,(H,25,26,29). The van der Waals surface area contributed by atoms with Gasteiger partial charge in [-0.3, -0.25) is 9.69 Å². The molecule has 0 amide bonds. The van der Waals surface area contributed by atoms with Crippen LogP contribution >= 0.6 is 11.3 Å². The maximum Gasteiger partial charge on any atom is 0.260 e. The van der Waals surface area contributed by atoms with E-state index in [-0.39, 0.29) is 12.2 Å². The molecule has 1 atom stereocenters. The smallest absolute Gasteiger partial charge is 0.260 e. The van der Waals surface area contributed by atoms with Crippen LogP contribution < -0.4 is 10.3 Å². The highest BCUT2D eigenvalue weighted by molar-refractivity contribution is 7.17. The third-order valence-corrected chi connectivity index (χ3v) is 5.98. The summed E-state index contributed by atoms with van der Waals surface area (Å²) in [6.45, 7) is 6.31. The van der Waals surface area contributed by atoms with Gasteiger partial charge in [0.1, 0.15) is 16.4 Å². The summed E-state index contributed by atoms with van der Waals surface area (Å²) in [7, 11) is 3.28. The average molecular weight is 474 g/mol. The Bertz CT molecular complexity index is 1080. The van der Waals surface area contributed by atoms with Crippen molar-refractivity contribution in [2.45, 2.75) is 19.1 Å². The Kier molecular flexibility index (Phi) is 9.59. The van der Waals surface area contributed by atoms with Crippen molar-refractivity contribution in [1.82, 2.24) is 14.9 Å². The quantitative estimate of drug-likeness (QED) is 0.274. The van der Waals surface area contributed by atoms with E-state index in [2.05, 4.69) is 11.6 Å². The van der Waals surface area contributed by atoms with Crippen LogP contribution in [0.25, 0.3) is 21.3 Å². The van der Waals surface area contributed by atoms with Gasteiger partial charge in [-0.05, 0) is 24.1 Å². The van der Waals surface area contributed by atoms with Gasteiger partial charge in [0, 0.05) is 37.7 Å². The first-order chi connectivity index (χ1) is 16.0. The minimum absolute atomic E-state index is 0.172. The summed E-state index contributed by atoms with van der Waals surface area (Å²) in [5.41, 5.74) is 1.62. The number of nitrogens with one attached hydrogen (secondary N) is 1. The van der Waals surface area contributed by atoms with Gasteiger partial charge in [-0.1, -0.05) is 18.2 Å². The minimum Gasteiger partial charge on any atom is -0.497 e. The summed E-state index contributed by atoms with van der Waals surface area (Å²) in [5.74, 6) is 1.32. The SMILES string of the molecule is C=CCOCC(O)CN(CCCOC)Cc1nc2scc(-c3ccc(OC)cc3)c2c(=O)[nH]1. The van der Waals surface area contributed by atoms with Gasteiger partial charge < -0.3 is 24.3 Å². The van der Waals surface area contributed by atoms with Crippen molar-refractivity contribution in [2.75, 3.05) is 47.1 Å². The van der Waals surface area contributed by atoms with Gasteiger partial charge in [0.05, 0.1) is 38.4 Å². The topological polar surface area (TPSA) is 96.9 Å². The van der Waals surface area contributed by atoms with Crippen molar-refractivity contribution in [1.29, 1.82) is 0 Å². The van der Waals surface area contributed by atoms with Crippen LogP contribution in [0, 0.1) is 0 Å². The van der Waals surface area contributed by atoms with E-state index in [1.807, 2.05) is 34.5 Å². The zero-order chi connectivity index (χ0) is 23.6. The second kappa shape index (κ2) is 12.6. The number of hydrogen-bond donors (Lipinski definition) is 2. The lowest BCUT2D eigenvalue weighted by Crippen LogP contribution is -2.36. The molecule has 3 aromatic rings. The molecular weight excluding hydrogens is 442 g/mol. The van der Waals surface area contributed by atoms with Gasteiger partial charge in [-0.25, -0.2) is 4.98 Å². The number of thiophene rings is 1. The van der Waals surface area contributed by atoms with E-state index in [1.54, 1.807) is 20.3 Å². The van der Waals surface area contributed by atoms with Crippen LogP contribution in [0.2, 0.25) is 0 Å². The Morgan fingerprint density at radius 2 is 2.09 bits per heavy atom. The molecule has 0 saturated heterocycles. The van der Waals surface area contributed by atoms with E-state index in [0.717, 1.165) is 23.3 Å². The molecule has 2 heterocycles. The van der Waals surface area contributed by atoms with Crippen LogP contribution in [-0.4, -0.2) is 73.2 Å². The third-order valence-electron chi connectivity index (χ3n) is 5.11. The molecule has 0 fully saturated rings. The normalized spacial score (nSPS) is 12.4. The lowest BCUT2D eigenvalue weighted by atomic mass is 10.1. The molecule has 9 heteroatoms. The van der Waals surface area contributed by atoms with Gasteiger partial charge in [-0.2, -0.15) is 0 Å². The van der Waals surface area contributed by atoms with Gasteiger partial charge in [-0.15, -0.1) is 17.9 Å². The Morgan fingerprint density at radius 1 is 1.30 bits per heavy atom. The highest BCUT2D eigenvalue weighted by atomic mass is 32.1. The lowest BCUT2D eigenvalue weighted by Gasteiger charge is -2.24. The molecule has 0 aliphatic carbocycles. The molecule has 2 N–H and O–H groups in total. The maximum atomic E-state index is 13.0. The molecule has 0 aliphatic heterocycles. The number of aromatic nitrogens is 2. The molecular formula is C24H31N3O5S. The number of aliphatic hydroxyl groups excluding tert-OH is 1. The number of fused-ring (bicyclic) bond motifs is 1. The van der Waals surface area contributed by atoms with Gasteiger partial charge in [0.15, 0.2) is 0 Å². The van der Waals surface area contributed by atoms with E-state index in [9.17, 15) is 9.90 Å². The van der Waals surface area contributed by atoms with Crippen LogP contribution in [0.5, 0.6) is 5.75 Å². The van der Waals surface area contributed by atoms with Gasteiger partial charge >= 0.3 is 0 Å². The first-order valence-electron chi connectivity index (χ1n) is 10.8. The summed E-state index contributed by atoms with van der Waals surface area (Å²) in [4.78, 5) is 23.4. The summed E-state index contributed by atoms with van der Waals surface area (Å²) in [5, 5.41) is 12.9. The van der Waals surface area contributed by atoms with E-state index >= 15 is 0 Å². The number of hydrogen-bond acceptors (Lipinski definition) is 8. The minimum atomic E-state index is -0.661. The zero-order valence-corrected chi connectivity index (χ0v) is 19.9. The molecule has 2 aromatic heterocycles. The van der Waals surface area contributed by atoms with Crippen LogP contribution in [0.3, 0.4) is 0 Å². The number of nitrogens with zero attached hydrogens (tertiary/aromatic N) is 2. The second-order valence-corrected chi connectivity index (χ2v) is 8.49. The lowest BCUT2D eigenvalue weighted by molar-refractivity contribution is 0.0225. The first kappa shape index (κ1) is 25.1. The molecule has 0 spiro atoms. The molecule has 3 rings (SSSR count). The fourth-order valence-electron chi connectivity index (χ4n) is 3.57. The Morgan fingerprint density at radius 3 is 2.79 bits per heavy atom. The third kappa shape index (κ3) is 6.96. The number of aromatic amines is 1. The van der Waals surface area contributed by atoms with E-state index < -0.39 is 6.10 Å². The summed E-state index contributed by atoms with van der Waals surface area (Å²) in [6.07, 6.45) is 1.78. The number of rotatable bonds is 14. The number of methoxy groups -OCH3 is 2. The van der Waals surface area contributed by atoms with Crippen LogP contribution in [0.1, 0.15) is 12.2 Å². The largest absolute Gasteiger partial charge is 0.497 e. The second-order valence-electron chi connectivity index (χ2n) is 7.63. The molecule has 33 heavy (non-hydrogen) atoms. The number of H-pyrrole nitrogens is 1. The predicted octanol–water partition coefficient (Wildman–Crippen LogP) is 3.06. The molecule has 8 nitrogen and oxygen atoms in total.